The molecule has 1 aliphatic rings. The van der Waals surface area contributed by atoms with E-state index in [1.54, 1.807) is 26.0 Å². The number of hydrogen-bond acceptors (Lipinski definition) is 4. The first-order valence-electron chi connectivity index (χ1n) is 6.25. The van der Waals surface area contributed by atoms with E-state index in [0.717, 1.165) is 0 Å². The van der Waals surface area contributed by atoms with Gasteiger partial charge in [-0.15, -0.1) is 0 Å². The molecule has 6 heteroatoms. The molecule has 1 aromatic rings. The molecule has 0 spiro atoms. The lowest BCUT2D eigenvalue weighted by molar-refractivity contribution is -0.175. The fourth-order valence-electron chi connectivity index (χ4n) is 1.91. The fourth-order valence-corrected chi connectivity index (χ4v) is 1.91. The van der Waals surface area contributed by atoms with Gasteiger partial charge in [-0.1, -0.05) is 31.0 Å². The van der Waals surface area contributed by atoms with Crippen molar-refractivity contribution in [2.45, 2.75) is 26.4 Å². The van der Waals surface area contributed by atoms with Crippen LogP contribution in [0, 0.1) is 5.92 Å². The van der Waals surface area contributed by atoms with Gasteiger partial charge in [0.2, 0.25) is 0 Å². The van der Waals surface area contributed by atoms with Gasteiger partial charge in [-0.25, -0.2) is 9.18 Å². The normalized spacial score (nSPS) is 15.5. The SMILES string of the molecule is CC(C)CC(F)C(=O)ON1C(=O)c2ccccc2C1=O. The van der Waals surface area contributed by atoms with E-state index in [-0.39, 0.29) is 23.5 Å². The monoisotopic (exact) mass is 279 g/mol. The Bertz CT molecular complexity index is 535. The molecule has 0 aliphatic carbocycles. The minimum Gasteiger partial charge on any atom is -0.326 e. The summed E-state index contributed by atoms with van der Waals surface area (Å²) in [5.74, 6) is -2.78. The minimum absolute atomic E-state index is 0.0258. The third-order valence-electron chi connectivity index (χ3n) is 2.87. The summed E-state index contributed by atoms with van der Waals surface area (Å²) in [5, 5.41) is 0.319. The van der Waals surface area contributed by atoms with E-state index in [1.807, 2.05) is 0 Å². The number of nitrogens with zero attached hydrogens (tertiary/aromatic N) is 1. The summed E-state index contributed by atoms with van der Waals surface area (Å²) in [7, 11) is 0. The molecule has 0 bridgehead atoms. The second kappa shape index (κ2) is 5.40. The Morgan fingerprint density at radius 3 is 2.15 bits per heavy atom. The summed E-state index contributed by atoms with van der Waals surface area (Å²) in [6, 6.07) is 6.08. The van der Waals surface area contributed by atoms with Crippen molar-refractivity contribution in [3.63, 3.8) is 0 Å². The summed E-state index contributed by atoms with van der Waals surface area (Å²) in [4.78, 5) is 39.9. The van der Waals surface area contributed by atoms with Crippen LogP contribution < -0.4 is 0 Å². The highest BCUT2D eigenvalue weighted by molar-refractivity contribution is 6.20. The molecule has 2 rings (SSSR count). The summed E-state index contributed by atoms with van der Waals surface area (Å²) < 4.78 is 13.6. The van der Waals surface area contributed by atoms with Crippen LogP contribution in [0.3, 0.4) is 0 Å². The van der Waals surface area contributed by atoms with Gasteiger partial charge in [0.25, 0.3) is 11.8 Å². The molecule has 1 unspecified atom stereocenters. The zero-order chi connectivity index (χ0) is 14.9. The van der Waals surface area contributed by atoms with E-state index in [0.29, 0.717) is 5.06 Å². The van der Waals surface area contributed by atoms with Crippen LogP contribution in [0.25, 0.3) is 0 Å². The molecule has 0 saturated heterocycles. The predicted octanol–water partition coefficient (Wildman–Crippen LogP) is 2.12. The number of halogens is 1. The standard InChI is InChI=1S/C14H14FNO4/c1-8(2)7-11(15)14(19)20-16-12(17)9-5-3-4-6-10(9)13(16)18/h3-6,8,11H,7H2,1-2H3. The topological polar surface area (TPSA) is 63.7 Å². The van der Waals surface area contributed by atoms with Crippen LogP contribution >= 0.6 is 0 Å². The maximum atomic E-state index is 13.6. The number of imide groups is 1. The molecule has 1 aromatic carbocycles. The van der Waals surface area contributed by atoms with Crippen molar-refractivity contribution in [3.8, 4) is 0 Å². The number of benzene rings is 1. The molecule has 106 valence electrons. The molecule has 0 N–H and O–H groups in total. The molecule has 0 saturated carbocycles. The Hall–Kier alpha value is -2.24. The highest BCUT2D eigenvalue weighted by Crippen LogP contribution is 2.23. The Balaban J connectivity index is 2.11. The zero-order valence-electron chi connectivity index (χ0n) is 11.1. The predicted molar refractivity (Wildman–Crippen MR) is 67.4 cm³/mol. The number of rotatable bonds is 4. The van der Waals surface area contributed by atoms with Gasteiger partial charge in [-0.05, 0) is 24.5 Å². The lowest BCUT2D eigenvalue weighted by atomic mass is 10.1. The maximum absolute atomic E-state index is 13.6. The Morgan fingerprint density at radius 2 is 1.70 bits per heavy atom. The molecule has 0 fully saturated rings. The van der Waals surface area contributed by atoms with Crippen LogP contribution in [-0.2, 0) is 9.63 Å². The average molecular weight is 279 g/mol. The molecule has 1 heterocycles. The molecule has 5 nitrogen and oxygen atoms in total. The molecule has 1 atom stereocenters. The van der Waals surface area contributed by atoms with E-state index in [1.165, 1.54) is 12.1 Å². The van der Waals surface area contributed by atoms with Gasteiger partial charge in [0.05, 0.1) is 11.1 Å². The molecule has 0 aromatic heterocycles. The number of carbonyl (C=O) groups excluding carboxylic acids is 3. The first kappa shape index (κ1) is 14.2. The second-order valence-electron chi connectivity index (χ2n) is 4.96. The van der Waals surface area contributed by atoms with E-state index in [2.05, 4.69) is 4.84 Å². The second-order valence-corrected chi connectivity index (χ2v) is 4.96. The highest BCUT2D eigenvalue weighted by atomic mass is 19.1. The number of hydroxylamine groups is 2. The minimum atomic E-state index is -1.86. The fraction of sp³-hybridized carbons (Fsp3) is 0.357. The smallest absolute Gasteiger partial charge is 0.326 e. The van der Waals surface area contributed by atoms with E-state index in [4.69, 9.17) is 0 Å². The van der Waals surface area contributed by atoms with Crippen molar-refractivity contribution in [2.24, 2.45) is 5.92 Å². The van der Waals surface area contributed by atoms with E-state index in [9.17, 15) is 18.8 Å². The highest BCUT2D eigenvalue weighted by Gasteiger charge is 2.39. The number of carbonyl (C=O) groups is 3. The van der Waals surface area contributed by atoms with Crippen molar-refractivity contribution in [1.82, 2.24) is 5.06 Å². The molecule has 0 radical (unpaired) electrons. The van der Waals surface area contributed by atoms with Gasteiger partial charge in [-0.3, -0.25) is 9.59 Å². The van der Waals surface area contributed by atoms with Crippen molar-refractivity contribution in [1.29, 1.82) is 0 Å². The number of hydrogen-bond donors (Lipinski definition) is 0. The molecular formula is C14H14FNO4. The lowest BCUT2D eigenvalue weighted by Crippen LogP contribution is -2.36. The van der Waals surface area contributed by atoms with Gasteiger partial charge >= 0.3 is 5.97 Å². The van der Waals surface area contributed by atoms with Crippen molar-refractivity contribution in [3.05, 3.63) is 35.4 Å². The zero-order valence-corrected chi connectivity index (χ0v) is 11.1. The first-order valence-corrected chi connectivity index (χ1v) is 6.25. The number of alkyl halides is 1. The first-order chi connectivity index (χ1) is 9.41. The third kappa shape index (κ3) is 2.54. The van der Waals surface area contributed by atoms with Gasteiger partial charge in [0.1, 0.15) is 0 Å². The molecule has 2 amide bonds. The molecule has 1 aliphatic heterocycles. The molecular weight excluding hydrogens is 265 g/mol. The number of amides is 2. The van der Waals surface area contributed by atoms with E-state index >= 15 is 0 Å². The quantitative estimate of drug-likeness (QED) is 0.792. The Kier molecular flexibility index (Phi) is 3.83. The van der Waals surface area contributed by atoms with Crippen LogP contribution in [0.1, 0.15) is 41.0 Å². The van der Waals surface area contributed by atoms with Crippen molar-refractivity contribution in [2.75, 3.05) is 0 Å². The van der Waals surface area contributed by atoms with Crippen LogP contribution in [0.15, 0.2) is 24.3 Å². The van der Waals surface area contributed by atoms with Gasteiger partial charge in [-0.2, -0.15) is 0 Å². The summed E-state index contributed by atoms with van der Waals surface area (Å²) in [6.45, 7) is 3.50. The van der Waals surface area contributed by atoms with Crippen LogP contribution in [0.2, 0.25) is 0 Å². The lowest BCUT2D eigenvalue weighted by Gasteiger charge is -2.15. The molecule has 20 heavy (non-hydrogen) atoms. The average Bonchev–Trinajstić information content (AvgIpc) is 2.64. The van der Waals surface area contributed by atoms with Gasteiger partial charge < -0.3 is 4.84 Å². The Labute approximate surface area is 115 Å². The maximum Gasteiger partial charge on any atom is 0.367 e. The van der Waals surface area contributed by atoms with Gasteiger partial charge in [0, 0.05) is 0 Å². The largest absolute Gasteiger partial charge is 0.367 e. The summed E-state index contributed by atoms with van der Waals surface area (Å²) in [5.41, 5.74) is 0.286. The van der Waals surface area contributed by atoms with Crippen LogP contribution in [-0.4, -0.2) is 29.0 Å². The van der Waals surface area contributed by atoms with Crippen LogP contribution in [0.5, 0.6) is 0 Å². The third-order valence-corrected chi connectivity index (χ3v) is 2.87. The van der Waals surface area contributed by atoms with Crippen LogP contribution in [0.4, 0.5) is 4.39 Å². The Morgan fingerprint density at radius 1 is 1.20 bits per heavy atom. The van der Waals surface area contributed by atoms with E-state index < -0.39 is 24.0 Å². The summed E-state index contributed by atoms with van der Waals surface area (Å²) in [6.07, 6.45) is -1.89. The van der Waals surface area contributed by atoms with Crippen molar-refractivity contribution < 1.29 is 23.6 Å². The van der Waals surface area contributed by atoms with Gasteiger partial charge in [0.15, 0.2) is 6.17 Å². The number of fused-ring (bicyclic) bond motifs is 1. The van der Waals surface area contributed by atoms with Crippen molar-refractivity contribution >= 4 is 17.8 Å². The summed E-state index contributed by atoms with van der Waals surface area (Å²) >= 11 is 0.